The van der Waals surface area contributed by atoms with E-state index in [1.165, 1.54) is 0 Å². The van der Waals surface area contributed by atoms with Crippen molar-refractivity contribution in [1.29, 1.82) is 0 Å². The molecule has 0 bridgehead atoms. The van der Waals surface area contributed by atoms with Gasteiger partial charge < -0.3 is 19.7 Å². The molecule has 6 nitrogen and oxygen atoms in total. The molecule has 1 aromatic carbocycles. The maximum absolute atomic E-state index is 10.4. The Hall–Kier alpha value is -2.57. The van der Waals surface area contributed by atoms with Gasteiger partial charge in [0.05, 0.1) is 0 Å². The molecule has 0 amide bonds. The molecular formula is C20H24N4O2. The van der Waals surface area contributed by atoms with Gasteiger partial charge in [-0.1, -0.05) is 12.1 Å². The fourth-order valence-electron chi connectivity index (χ4n) is 3.42. The average Bonchev–Trinajstić information content (AvgIpc) is 3.17. The fraction of sp³-hybridized carbons (Fsp3) is 0.350. The van der Waals surface area contributed by atoms with E-state index in [2.05, 4.69) is 19.8 Å². The number of H-pyrrole nitrogens is 1. The van der Waals surface area contributed by atoms with Crippen LogP contribution in [0.5, 0.6) is 5.75 Å². The zero-order valence-corrected chi connectivity index (χ0v) is 14.7. The molecule has 2 aromatic heterocycles. The minimum atomic E-state index is -0.509. The Morgan fingerprint density at radius 3 is 2.77 bits per heavy atom. The molecule has 1 saturated heterocycles. The van der Waals surface area contributed by atoms with Crippen molar-refractivity contribution in [3.05, 3.63) is 54.9 Å². The second-order valence-electron chi connectivity index (χ2n) is 6.64. The molecule has 1 aliphatic rings. The first-order valence-electron chi connectivity index (χ1n) is 9.05. The number of rotatable bonds is 6. The van der Waals surface area contributed by atoms with Crippen molar-refractivity contribution in [2.75, 3.05) is 44.2 Å². The SMILES string of the molecule is O[C@H](COc1cccc2[nH]ccc12)CN1CCN(c2ccccn2)CC1. The lowest BCUT2D eigenvalue weighted by Crippen LogP contribution is -2.49. The molecule has 1 aliphatic heterocycles. The number of aliphatic hydroxyl groups excluding tert-OH is 1. The highest BCUT2D eigenvalue weighted by Crippen LogP contribution is 2.24. The summed E-state index contributed by atoms with van der Waals surface area (Å²) >= 11 is 0. The van der Waals surface area contributed by atoms with E-state index in [1.54, 1.807) is 0 Å². The zero-order valence-electron chi connectivity index (χ0n) is 14.7. The number of aromatic nitrogens is 2. The number of piperazine rings is 1. The van der Waals surface area contributed by atoms with E-state index in [0.717, 1.165) is 48.6 Å². The number of nitrogens with zero attached hydrogens (tertiary/aromatic N) is 3. The number of aromatic amines is 1. The van der Waals surface area contributed by atoms with Crippen LogP contribution in [0.1, 0.15) is 0 Å². The Balaban J connectivity index is 1.25. The van der Waals surface area contributed by atoms with E-state index < -0.39 is 6.10 Å². The minimum absolute atomic E-state index is 0.296. The lowest BCUT2D eigenvalue weighted by molar-refractivity contribution is 0.0668. The number of ether oxygens (including phenoxy) is 1. The maximum atomic E-state index is 10.4. The Bertz CT molecular complexity index is 828. The number of fused-ring (bicyclic) bond motifs is 1. The summed E-state index contributed by atoms with van der Waals surface area (Å²) in [6.45, 7) is 4.60. The van der Waals surface area contributed by atoms with E-state index >= 15 is 0 Å². The second kappa shape index (κ2) is 7.76. The first-order valence-corrected chi connectivity index (χ1v) is 9.05. The van der Waals surface area contributed by atoms with E-state index in [9.17, 15) is 5.11 Å². The van der Waals surface area contributed by atoms with Gasteiger partial charge in [0.25, 0.3) is 0 Å². The third kappa shape index (κ3) is 3.81. The quantitative estimate of drug-likeness (QED) is 0.711. The number of β-amino-alcohol motifs (C(OH)–C–C–N with tert-alkyl or cyclic N) is 1. The highest BCUT2D eigenvalue weighted by atomic mass is 16.5. The van der Waals surface area contributed by atoms with Gasteiger partial charge in [0.15, 0.2) is 0 Å². The normalized spacial score (nSPS) is 16.7. The lowest BCUT2D eigenvalue weighted by Gasteiger charge is -2.36. The standard InChI is InChI=1S/C20H24N4O2/c25-16(15-26-19-5-3-4-18-17(19)7-9-21-18)14-23-10-12-24(13-11-23)20-6-1-2-8-22-20/h1-9,16,21,25H,10-15H2/t16-/m0/s1. The molecule has 0 unspecified atom stereocenters. The molecule has 26 heavy (non-hydrogen) atoms. The van der Waals surface area contributed by atoms with Gasteiger partial charge in [0.2, 0.25) is 0 Å². The Morgan fingerprint density at radius 1 is 1.08 bits per heavy atom. The largest absolute Gasteiger partial charge is 0.490 e. The van der Waals surface area contributed by atoms with Crippen LogP contribution in [0.4, 0.5) is 5.82 Å². The van der Waals surface area contributed by atoms with Gasteiger partial charge >= 0.3 is 0 Å². The van der Waals surface area contributed by atoms with Crippen LogP contribution in [-0.4, -0.2) is 65.4 Å². The summed E-state index contributed by atoms with van der Waals surface area (Å²) in [5, 5.41) is 11.4. The summed E-state index contributed by atoms with van der Waals surface area (Å²) < 4.78 is 5.85. The molecule has 0 saturated carbocycles. The second-order valence-corrected chi connectivity index (χ2v) is 6.64. The van der Waals surface area contributed by atoms with Gasteiger partial charge in [0, 0.05) is 56.0 Å². The number of anilines is 1. The van der Waals surface area contributed by atoms with Gasteiger partial charge in [-0.25, -0.2) is 4.98 Å². The average molecular weight is 352 g/mol. The Morgan fingerprint density at radius 2 is 1.96 bits per heavy atom. The van der Waals surface area contributed by atoms with Gasteiger partial charge in [-0.15, -0.1) is 0 Å². The highest BCUT2D eigenvalue weighted by molar-refractivity contribution is 5.85. The van der Waals surface area contributed by atoms with Crippen LogP contribution in [-0.2, 0) is 0 Å². The summed E-state index contributed by atoms with van der Waals surface area (Å²) in [4.78, 5) is 12.1. The van der Waals surface area contributed by atoms with Crippen molar-refractivity contribution in [1.82, 2.24) is 14.9 Å². The first-order chi connectivity index (χ1) is 12.8. The van der Waals surface area contributed by atoms with Crippen molar-refractivity contribution < 1.29 is 9.84 Å². The highest BCUT2D eigenvalue weighted by Gasteiger charge is 2.20. The van der Waals surface area contributed by atoms with Gasteiger partial charge in [0.1, 0.15) is 24.3 Å². The van der Waals surface area contributed by atoms with Crippen LogP contribution < -0.4 is 9.64 Å². The first kappa shape index (κ1) is 16.9. The maximum Gasteiger partial charge on any atom is 0.128 e. The Kier molecular flexibility index (Phi) is 5.04. The molecule has 3 aromatic rings. The van der Waals surface area contributed by atoms with Crippen LogP contribution in [0.25, 0.3) is 10.9 Å². The van der Waals surface area contributed by atoms with E-state index in [0.29, 0.717) is 13.2 Å². The minimum Gasteiger partial charge on any atom is -0.490 e. The summed E-state index contributed by atoms with van der Waals surface area (Å²) in [5.41, 5.74) is 1.04. The van der Waals surface area contributed by atoms with E-state index in [-0.39, 0.29) is 0 Å². The number of benzene rings is 1. The molecule has 6 heteroatoms. The van der Waals surface area contributed by atoms with Crippen molar-refractivity contribution in [2.24, 2.45) is 0 Å². The summed E-state index contributed by atoms with van der Waals surface area (Å²) in [6.07, 6.45) is 3.22. The Labute approximate surface area is 153 Å². The molecule has 0 spiro atoms. The molecule has 1 fully saturated rings. The molecule has 1 atom stereocenters. The molecule has 3 heterocycles. The van der Waals surface area contributed by atoms with Crippen molar-refractivity contribution in [3.8, 4) is 5.75 Å². The molecule has 4 rings (SSSR count). The molecule has 0 radical (unpaired) electrons. The van der Waals surface area contributed by atoms with E-state index in [1.807, 2.05) is 54.9 Å². The van der Waals surface area contributed by atoms with Crippen LogP contribution in [0.15, 0.2) is 54.9 Å². The summed E-state index contributed by atoms with van der Waals surface area (Å²) in [5.74, 6) is 1.83. The number of pyridine rings is 1. The van der Waals surface area contributed by atoms with Gasteiger partial charge in [-0.2, -0.15) is 0 Å². The number of hydrogen-bond acceptors (Lipinski definition) is 5. The zero-order chi connectivity index (χ0) is 17.8. The predicted octanol–water partition coefficient (Wildman–Crippen LogP) is 2.12. The topological polar surface area (TPSA) is 64.6 Å². The molecule has 2 N–H and O–H groups in total. The monoisotopic (exact) mass is 352 g/mol. The van der Waals surface area contributed by atoms with Crippen molar-refractivity contribution >= 4 is 16.7 Å². The smallest absolute Gasteiger partial charge is 0.128 e. The van der Waals surface area contributed by atoms with E-state index in [4.69, 9.17) is 4.74 Å². The summed E-state index contributed by atoms with van der Waals surface area (Å²) in [6, 6.07) is 13.9. The number of aliphatic hydroxyl groups is 1. The van der Waals surface area contributed by atoms with Crippen LogP contribution in [0, 0.1) is 0 Å². The number of nitrogens with one attached hydrogen (secondary N) is 1. The third-order valence-electron chi connectivity index (χ3n) is 4.80. The predicted molar refractivity (Wildman–Crippen MR) is 103 cm³/mol. The fourth-order valence-corrected chi connectivity index (χ4v) is 3.42. The van der Waals surface area contributed by atoms with Crippen molar-refractivity contribution in [2.45, 2.75) is 6.10 Å². The third-order valence-corrected chi connectivity index (χ3v) is 4.80. The van der Waals surface area contributed by atoms with Gasteiger partial charge in [-0.3, -0.25) is 4.90 Å². The molecule has 0 aliphatic carbocycles. The summed E-state index contributed by atoms with van der Waals surface area (Å²) in [7, 11) is 0. The van der Waals surface area contributed by atoms with Crippen LogP contribution in [0.3, 0.4) is 0 Å². The van der Waals surface area contributed by atoms with Gasteiger partial charge in [-0.05, 0) is 30.3 Å². The molecular weight excluding hydrogens is 328 g/mol. The van der Waals surface area contributed by atoms with Crippen molar-refractivity contribution in [3.63, 3.8) is 0 Å². The molecule has 136 valence electrons. The number of hydrogen-bond donors (Lipinski definition) is 2. The van der Waals surface area contributed by atoms with Crippen LogP contribution >= 0.6 is 0 Å². The van der Waals surface area contributed by atoms with Crippen LogP contribution in [0.2, 0.25) is 0 Å². The lowest BCUT2D eigenvalue weighted by atomic mass is 10.2.